The summed E-state index contributed by atoms with van der Waals surface area (Å²) in [4.78, 5) is 110. The van der Waals surface area contributed by atoms with Gasteiger partial charge in [-0.1, -0.05) is 52.8 Å². The van der Waals surface area contributed by atoms with Crippen LogP contribution in [0.4, 0.5) is 11.4 Å². The van der Waals surface area contributed by atoms with Gasteiger partial charge >= 0.3 is 17.7 Å². The number of phenols is 1. The monoisotopic (exact) mass is 1120 g/mol. The number of ether oxygens (including phenoxy) is 5. The van der Waals surface area contributed by atoms with Gasteiger partial charge in [0.1, 0.15) is 47.2 Å². The van der Waals surface area contributed by atoms with Crippen molar-refractivity contribution in [2.45, 2.75) is 112 Å². The highest BCUT2D eigenvalue weighted by Gasteiger charge is 2.44. The van der Waals surface area contributed by atoms with Crippen LogP contribution in [0.2, 0.25) is 0 Å². The van der Waals surface area contributed by atoms with E-state index in [0.29, 0.717) is 44.4 Å². The van der Waals surface area contributed by atoms with Crippen molar-refractivity contribution < 1.29 is 77.3 Å². The zero-order chi connectivity index (χ0) is 59.4. The van der Waals surface area contributed by atoms with Crippen LogP contribution in [0, 0.1) is 42.4 Å². The number of aliphatic hydroxyl groups is 3. The smallest absolute Gasteiger partial charge is 0.308 e. The van der Waals surface area contributed by atoms with Crippen molar-refractivity contribution in [3.05, 3.63) is 92.0 Å². The first-order chi connectivity index (χ1) is 38.3. The Morgan fingerprint density at radius 3 is 2.26 bits per heavy atom. The number of carbonyl (C=O) groups excluding carboxylic acids is 6. The highest BCUT2D eigenvalue weighted by molar-refractivity contribution is 6.17. The van der Waals surface area contributed by atoms with Gasteiger partial charge in [-0.15, -0.1) is 0 Å². The Hall–Kier alpha value is -8.11. The fourth-order valence-corrected chi connectivity index (χ4v) is 10.4. The Morgan fingerprint density at radius 1 is 0.901 bits per heavy atom. The standard InChI is InChI=1S/C59H70N4O18/c1-29-17-22-78-59(10)57(74)46-44-45(52(72)35(7)55(46)81-59)53(73)49(61-58(75)31(3)14-11-13-30(2)50(70)33(5)51(71)34(6)54(32(29)4)79-37(9)66)56-48(44)60-47-41(68)24-39(25-42(47)80-56)63-20-18-62(19-21-63)36(8)76-28-77-43(69)16-12-15-40(67)23-38(26-64)27-65/h11,13-14,17,22,24-27,29-30,32-34,38,50-51,54,70-72,74H,8,12,15-16,18-21,23,28H2,1-7,9-10H3,(H,61,75)/b13-11+,22-17+,31-14-/t29-,30-,32+,33+,34+,50-,51+,54+,59-/m0/s1. The molecule has 0 radical (unpaired) electrons. The van der Waals surface area contributed by atoms with Gasteiger partial charge in [0.2, 0.25) is 17.7 Å². The molecule has 22 nitrogen and oxygen atoms in total. The van der Waals surface area contributed by atoms with Gasteiger partial charge in [0, 0.05) is 111 Å². The van der Waals surface area contributed by atoms with E-state index in [1.807, 2.05) is 18.7 Å². The number of aromatic hydroxyl groups is 1. The molecule has 0 aliphatic carbocycles. The van der Waals surface area contributed by atoms with E-state index in [-0.39, 0.29) is 92.4 Å². The predicted octanol–water partition coefficient (Wildman–Crippen LogP) is 5.44. The van der Waals surface area contributed by atoms with Crippen LogP contribution in [0.1, 0.15) is 86.6 Å². The Bertz CT molecular complexity index is 3420. The number of hydrogen-bond acceptors (Lipinski definition) is 21. The van der Waals surface area contributed by atoms with Crippen molar-refractivity contribution in [3.8, 4) is 11.5 Å². The van der Waals surface area contributed by atoms with Crippen LogP contribution < -0.4 is 31.0 Å². The van der Waals surface area contributed by atoms with Gasteiger partial charge < -0.3 is 73.2 Å². The van der Waals surface area contributed by atoms with E-state index in [1.165, 1.54) is 46.1 Å². The topological polar surface area (TPSA) is 308 Å². The third kappa shape index (κ3) is 12.8. The Kier molecular flexibility index (Phi) is 18.8. The molecule has 0 saturated carbocycles. The number of nitrogens with one attached hydrogen (secondary N) is 1. The first-order valence-corrected chi connectivity index (χ1v) is 26.8. The number of esters is 2. The lowest BCUT2D eigenvalue weighted by molar-refractivity contribution is -0.158. The zero-order valence-corrected chi connectivity index (χ0v) is 46.8. The number of anilines is 2. The van der Waals surface area contributed by atoms with Gasteiger partial charge in [0.25, 0.3) is 5.91 Å². The van der Waals surface area contributed by atoms with Gasteiger partial charge in [-0.3, -0.25) is 28.8 Å². The number of Topliss-reactive ketones (excluding diaryl/α,β-unsaturated/α-hetero) is 1. The van der Waals surface area contributed by atoms with Gasteiger partial charge in [-0.2, -0.15) is 0 Å². The summed E-state index contributed by atoms with van der Waals surface area (Å²) in [5.41, 5.74) is -2.21. The average Bonchev–Trinajstić information content (AvgIpc) is 3.70. The molecule has 81 heavy (non-hydrogen) atoms. The summed E-state index contributed by atoms with van der Waals surface area (Å²) < 4.78 is 35.5. The van der Waals surface area contributed by atoms with E-state index >= 15 is 0 Å². The van der Waals surface area contributed by atoms with Crippen LogP contribution in [-0.4, -0.2) is 124 Å². The average molecular weight is 1120 g/mol. The molecule has 4 heterocycles. The second-order valence-corrected chi connectivity index (χ2v) is 21.4. The number of piperazine rings is 1. The number of carbonyl (C=O) groups is 6. The maximum atomic E-state index is 15.0. The third-order valence-electron chi connectivity index (χ3n) is 15.7. The van der Waals surface area contributed by atoms with Gasteiger partial charge in [-0.05, 0) is 44.8 Å². The molecule has 5 bridgehead atoms. The van der Waals surface area contributed by atoms with Crippen LogP contribution in [0.15, 0.2) is 74.7 Å². The summed E-state index contributed by atoms with van der Waals surface area (Å²) in [5, 5.41) is 49.3. The van der Waals surface area contributed by atoms with Crippen molar-refractivity contribution >= 4 is 86.3 Å². The molecule has 1 fully saturated rings. The number of phenolic OH excluding ortho intramolecular Hbond substituents is 1. The predicted molar refractivity (Wildman–Crippen MR) is 297 cm³/mol. The molecule has 1 saturated heterocycles. The highest BCUT2D eigenvalue weighted by Crippen LogP contribution is 2.42. The second-order valence-electron chi connectivity index (χ2n) is 21.4. The molecule has 9 atom stereocenters. The van der Waals surface area contributed by atoms with Crippen molar-refractivity contribution in [1.29, 1.82) is 0 Å². The number of ketones is 1. The fraction of sp³-hybridized carbons (Fsp3) is 0.475. The van der Waals surface area contributed by atoms with E-state index in [4.69, 9.17) is 33.1 Å². The number of benzene rings is 3. The van der Waals surface area contributed by atoms with Crippen molar-refractivity contribution in [2.24, 2.45) is 35.5 Å². The first-order valence-electron chi connectivity index (χ1n) is 26.8. The van der Waals surface area contributed by atoms with Gasteiger partial charge in [-0.25, -0.2) is 4.98 Å². The molecule has 0 spiro atoms. The van der Waals surface area contributed by atoms with Crippen LogP contribution in [-0.2, 0) is 47.7 Å². The Labute approximate surface area is 466 Å². The number of rotatable bonds is 14. The van der Waals surface area contributed by atoms with Crippen LogP contribution in [0.3, 0.4) is 0 Å². The number of nitrogens with zero attached hydrogens (tertiary/aromatic N) is 3. The van der Waals surface area contributed by atoms with Crippen LogP contribution in [0.5, 0.6) is 11.5 Å². The maximum Gasteiger partial charge on any atom is 0.308 e. The van der Waals surface area contributed by atoms with E-state index in [9.17, 15) is 58.8 Å². The van der Waals surface area contributed by atoms with E-state index in [1.54, 1.807) is 50.0 Å². The number of aliphatic hydroxyl groups excluding tert-OH is 3. The van der Waals surface area contributed by atoms with Gasteiger partial charge in [0.05, 0.1) is 35.0 Å². The number of hydrogen-bond donors (Lipinski definition) is 5. The van der Waals surface area contributed by atoms with E-state index in [2.05, 4.69) is 11.9 Å². The molecule has 3 aromatic carbocycles. The lowest BCUT2D eigenvalue weighted by atomic mass is 9.77. The summed E-state index contributed by atoms with van der Waals surface area (Å²) >= 11 is 0. The van der Waals surface area contributed by atoms with Crippen LogP contribution in [0.25, 0.3) is 38.7 Å². The van der Waals surface area contributed by atoms with Crippen molar-refractivity contribution in [2.75, 3.05) is 43.2 Å². The normalized spacial score (nSPS) is 26.1. The van der Waals surface area contributed by atoms with E-state index in [0.717, 1.165) is 0 Å². The summed E-state index contributed by atoms with van der Waals surface area (Å²) in [6, 6.07) is 2.92. The molecule has 5 N–H and O–H groups in total. The molecule has 0 unspecified atom stereocenters. The molecule has 7 rings (SSSR count). The minimum Gasteiger partial charge on any atom is -0.507 e. The number of amides is 1. The first kappa shape index (κ1) is 60.5. The fourth-order valence-electron chi connectivity index (χ4n) is 10.4. The Balaban J connectivity index is 1.24. The molecule has 3 aliphatic heterocycles. The van der Waals surface area contributed by atoms with Crippen molar-refractivity contribution in [3.63, 3.8) is 0 Å². The molecular weight excluding hydrogens is 1050 g/mol. The molecule has 22 heteroatoms. The van der Waals surface area contributed by atoms with Crippen LogP contribution >= 0.6 is 0 Å². The van der Waals surface area contributed by atoms with E-state index < -0.39 is 112 Å². The van der Waals surface area contributed by atoms with Crippen molar-refractivity contribution in [1.82, 2.24) is 9.88 Å². The minimum atomic E-state index is -1.99. The molecule has 3 aliphatic rings. The summed E-state index contributed by atoms with van der Waals surface area (Å²) in [5.74, 6) is -9.01. The number of aromatic nitrogens is 1. The number of fused-ring (bicyclic) bond motifs is 5. The molecule has 434 valence electrons. The lowest BCUT2D eigenvalue weighted by Gasteiger charge is -2.37. The third-order valence-corrected chi connectivity index (χ3v) is 15.7. The Morgan fingerprint density at radius 2 is 1.59 bits per heavy atom. The summed E-state index contributed by atoms with van der Waals surface area (Å²) in [6.45, 7) is 19.4. The SMILES string of the molecule is C=C(OCOC(=O)CCCC(=O)CC(C=O)C=O)N1CCN(c2cc(=O)c3nc4c(oc3c2)c2c(=O)c3c(O)c(C)c5c(c34)=C(O)[C@@](C)(O/C=C/[C@H](C)[C@@H](C)[C@@H](OC(C)=O)[C@H](C)[C@H](O)[C@H](C)[C@@H](O)[C@@H](C)/C=C/C=C(/C)C(=O)N2)O5)CC1. The quantitative estimate of drug-likeness (QED) is 0.0200. The van der Waals surface area contributed by atoms with Gasteiger partial charge in [0.15, 0.2) is 28.3 Å². The minimum absolute atomic E-state index is 0.00243. The molecule has 1 amide bonds. The maximum absolute atomic E-state index is 15.0. The number of allylic oxidation sites excluding steroid dienone is 3. The summed E-state index contributed by atoms with van der Waals surface area (Å²) in [6.07, 6.45) is 5.22. The zero-order valence-electron chi connectivity index (χ0n) is 46.8. The second kappa shape index (κ2) is 25.1. The lowest BCUT2D eigenvalue weighted by Crippen LogP contribution is -2.46. The molecule has 1 aromatic heterocycles. The number of aldehydes is 2. The largest absolute Gasteiger partial charge is 0.507 e. The molecular formula is C59H70N4O18. The highest BCUT2D eigenvalue weighted by atomic mass is 16.7. The summed E-state index contributed by atoms with van der Waals surface area (Å²) in [7, 11) is 0. The molecule has 4 aromatic rings.